The Bertz CT molecular complexity index is 1290. The van der Waals surface area contributed by atoms with Gasteiger partial charge in [0, 0.05) is 44.4 Å². The number of piperazine rings is 1. The molecule has 0 saturated carbocycles. The molecule has 1 saturated heterocycles. The summed E-state index contributed by atoms with van der Waals surface area (Å²) in [4.78, 5) is 30.0. The van der Waals surface area contributed by atoms with Crippen LogP contribution in [0.1, 0.15) is 26.4 Å². The van der Waals surface area contributed by atoms with Crippen LogP contribution in [0.15, 0.2) is 83.5 Å². The third kappa shape index (κ3) is 5.02. The van der Waals surface area contributed by atoms with E-state index in [2.05, 4.69) is 22.4 Å². The van der Waals surface area contributed by atoms with Crippen LogP contribution in [0.5, 0.6) is 0 Å². The number of carbonyl (C=O) groups excluding carboxylic acids is 2. The zero-order valence-corrected chi connectivity index (χ0v) is 19.6. The van der Waals surface area contributed by atoms with Crippen LogP contribution in [0.3, 0.4) is 0 Å². The van der Waals surface area contributed by atoms with E-state index in [1.54, 1.807) is 23.1 Å². The van der Waals surface area contributed by atoms with Crippen molar-refractivity contribution in [2.45, 2.75) is 6.54 Å². The van der Waals surface area contributed by atoms with E-state index in [-0.39, 0.29) is 11.8 Å². The minimum absolute atomic E-state index is 0.0471. The fourth-order valence-electron chi connectivity index (χ4n) is 4.08. The molecule has 0 radical (unpaired) electrons. The second-order valence-electron chi connectivity index (χ2n) is 8.61. The first-order chi connectivity index (χ1) is 17.1. The van der Waals surface area contributed by atoms with Crippen molar-refractivity contribution < 1.29 is 14.0 Å². The number of likely N-dealkylation sites (N-methyl/N-ethyl adjacent to an activating group) is 1. The first-order valence-corrected chi connectivity index (χ1v) is 11.6. The van der Waals surface area contributed by atoms with Gasteiger partial charge in [0.1, 0.15) is 11.4 Å². The van der Waals surface area contributed by atoms with Gasteiger partial charge in [0.15, 0.2) is 5.76 Å². The van der Waals surface area contributed by atoms with Crippen molar-refractivity contribution in [2.24, 2.45) is 0 Å². The Morgan fingerprint density at radius 2 is 1.69 bits per heavy atom. The quantitative estimate of drug-likeness (QED) is 0.468. The van der Waals surface area contributed by atoms with Gasteiger partial charge in [-0.15, -0.1) is 0 Å². The third-order valence-electron chi connectivity index (χ3n) is 6.16. The number of benzene rings is 2. The van der Waals surface area contributed by atoms with Crippen LogP contribution in [0.2, 0.25) is 0 Å². The number of hydrogen-bond acceptors (Lipinski definition) is 5. The number of nitrogens with one attached hydrogen (secondary N) is 1. The van der Waals surface area contributed by atoms with Gasteiger partial charge >= 0.3 is 0 Å². The highest BCUT2D eigenvalue weighted by Crippen LogP contribution is 2.22. The van der Waals surface area contributed by atoms with Crippen molar-refractivity contribution in [2.75, 3.05) is 33.2 Å². The number of rotatable bonds is 6. The molecule has 5 rings (SSSR count). The normalized spacial score (nSPS) is 14.1. The number of hydrogen-bond donors (Lipinski definition) is 1. The summed E-state index contributed by atoms with van der Waals surface area (Å²) in [6.07, 6.45) is 1.58. The summed E-state index contributed by atoms with van der Waals surface area (Å²) in [6, 6.07) is 22.2. The lowest BCUT2D eigenvalue weighted by atomic mass is 10.1. The van der Waals surface area contributed by atoms with Gasteiger partial charge in [0.25, 0.3) is 11.8 Å². The second-order valence-corrected chi connectivity index (χ2v) is 8.61. The molecule has 8 heteroatoms. The van der Waals surface area contributed by atoms with Gasteiger partial charge in [-0.25, -0.2) is 4.68 Å². The van der Waals surface area contributed by atoms with Crippen LogP contribution in [0.25, 0.3) is 17.1 Å². The van der Waals surface area contributed by atoms with E-state index in [1.165, 1.54) is 0 Å². The molecular weight excluding hydrogens is 442 g/mol. The number of nitrogens with zero attached hydrogens (tertiary/aromatic N) is 4. The Morgan fingerprint density at radius 1 is 0.943 bits per heavy atom. The lowest BCUT2D eigenvalue weighted by Gasteiger charge is -2.32. The summed E-state index contributed by atoms with van der Waals surface area (Å²) in [5.41, 5.74) is 3.34. The predicted octanol–water partition coefficient (Wildman–Crippen LogP) is 3.45. The summed E-state index contributed by atoms with van der Waals surface area (Å²) in [6.45, 7) is 3.58. The summed E-state index contributed by atoms with van der Waals surface area (Å²) in [5.74, 6) is 0.386. The summed E-state index contributed by atoms with van der Waals surface area (Å²) < 4.78 is 7.09. The lowest BCUT2D eigenvalue weighted by molar-refractivity contribution is 0.0664. The number of amides is 2. The van der Waals surface area contributed by atoms with Gasteiger partial charge < -0.3 is 19.5 Å². The molecule has 1 fully saturated rings. The highest BCUT2D eigenvalue weighted by Gasteiger charge is 2.21. The molecule has 8 nitrogen and oxygen atoms in total. The molecule has 2 aromatic carbocycles. The Kier molecular flexibility index (Phi) is 6.45. The molecule has 178 valence electrons. The van der Waals surface area contributed by atoms with E-state index in [4.69, 9.17) is 4.42 Å². The largest absolute Gasteiger partial charge is 0.463 e. The SMILES string of the molecule is CN1CCN(C(=O)c2ccc(CNC(=O)c3cc(-c4ccco4)nn3-c3ccccc3)cc2)CC1. The lowest BCUT2D eigenvalue weighted by Crippen LogP contribution is -2.47. The molecule has 2 amide bonds. The van der Waals surface area contributed by atoms with Gasteiger partial charge in [0.2, 0.25) is 0 Å². The maximum Gasteiger partial charge on any atom is 0.270 e. The minimum atomic E-state index is -0.253. The standard InChI is InChI=1S/C27H27N5O3/c1-30-13-15-31(16-14-30)27(34)21-11-9-20(10-12-21)19-28-26(33)24-18-23(25-8-5-17-35-25)29-32(24)22-6-3-2-4-7-22/h2-12,17-18H,13-16,19H2,1H3,(H,28,33). The molecule has 4 aromatic rings. The highest BCUT2D eigenvalue weighted by molar-refractivity contribution is 5.95. The molecule has 0 atom stereocenters. The van der Waals surface area contributed by atoms with Crippen molar-refractivity contribution in [3.8, 4) is 17.1 Å². The number of furan rings is 1. The summed E-state index contributed by atoms with van der Waals surface area (Å²) >= 11 is 0. The van der Waals surface area contributed by atoms with Crippen molar-refractivity contribution in [3.63, 3.8) is 0 Å². The number of aromatic nitrogens is 2. The van der Waals surface area contributed by atoms with Crippen molar-refractivity contribution in [1.29, 1.82) is 0 Å². The van der Waals surface area contributed by atoms with Crippen LogP contribution < -0.4 is 5.32 Å². The molecule has 1 aliphatic rings. The minimum Gasteiger partial charge on any atom is -0.463 e. The van der Waals surface area contributed by atoms with Gasteiger partial charge in [-0.05, 0) is 49.0 Å². The van der Waals surface area contributed by atoms with Crippen LogP contribution in [0.4, 0.5) is 0 Å². The van der Waals surface area contributed by atoms with E-state index in [9.17, 15) is 9.59 Å². The number of carbonyl (C=O) groups is 2. The van der Waals surface area contributed by atoms with Crippen molar-refractivity contribution in [1.82, 2.24) is 24.9 Å². The average molecular weight is 470 g/mol. The van der Waals surface area contributed by atoms with E-state index in [0.29, 0.717) is 29.3 Å². The zero-order valence-electron chi connectivity index (χ0n) is 19.6. The van der Waals surface area contributed by atoms with Crippen LogP contribution in [-0.4, -0.2) is 64.6 Å². The summed E-state index contributed by atoms with van der Waals surface area (Å²) in [5, 5.41) is 7.57. The summed E-state index contributed by atoms with van der Waals surface area (Å²) in [7, 11) is 2.07. The topological polar surface area (TPSA) is 83.6 Å². The highest BCUT2D eigenvalue weighted by atomic mass is 16.3. The molecule has 0 aliphatic carbocycles. The first-order valence-electron chi connectivity index (χ1n) is 11.6. The van der Waals surface area contributed by atoms with Gasteiger partial charge in [0.05, 0.1) is 12.0 Å². The van der Waals surface area contributed by atoms with E-state index in [0.717, 1.165) is 37.4 Å². The van der Waals surface area contributed by atoms with Gasteiger partial charge in [-0.1, -0.05) is 30.3 Å². The fourth-order valence-corrected chi connectivity index (χ4v) is 4.08. The molecular formula is C27H27N5O3. The average Bonchev–Trinajstić information content (AvgIpc) is 3.59. The molecule has 2 aromatic heterocycles. The Hall–Kier alpha value is -4.17. The Balaban J connectivity index is 1.28. The zero-order chi connectivity index (χ0) is 24.2. The van der Waals surface area contributed by atoms with E-state index < -0.39 is 0 Å². The number of para-hydroxylation sites is 1. The molecule has 0 bridgehead atoms. The van der Waals surface area contributed by atoms with E-state index >= 15 is 0 Å². The molecule has 1 N–H and O–H groups in total. The molecule has 35 heavy (non-hydrogen) atoms. The van der Waals surface area contributed by atoms with E-state index in [1.807, 2.05) is 65.6 Å². The maximum absolute atomic E-state index is 13.1. The van der Waals surface area contributed by atoms with Crippen LogP contribution in [0, 0.1) is 0 Å². The smallest absolute Gasteiger partial charge is 0.270 e. The second kappa shape index (κ2) is 9.99. The van der Waals surface area contributed by atoms with Crippen LogP contribution in [-0.2, 0) is 6.54 Å². The van der Waals surface area contributed by atoms with Gasteiger partial charge in [-0.2, -0.15) is 5.10 Å². The van der Waals surface area contributed by atoms with Gasteiger partial charge in [-0.3, -0.25) is 9.59 Å². The maximum atomic E-state index is 13.1. The molecule has 3 heterocycles. The molecule has 0 spiro atoms. The Morgan fingerprint density at radius 3 is 2.37 bits per heavy atom. The fraction of sp³-hybridized carbons (Fsp3) is 0.222. The third-order valence-corrected chi connectivity index (χ3v) is 6.16. The Labute approximate surface area is 203 Å². The monoisotopic (exact) mass is 469 g/mol. The van der Waals surface area contributed by atoms with Crippen molar-refractivity contribution >= 4 is 11.8 Å². The van der Waals surface area contributed by atoms with Crippen molar-refractivity contribution in [3.05, 3.63) is 95.9 Å². The van der Waals surface area contributed by atoms with Crippen LogP contribution >= 0.6 is 0 Å². The predicted molar refractivity (Wildman–Crippen MR) is 132 cm³/mol. The first kappa shape index (κ1) is 22.6. The molecule has 1 aliphatic heterocycles. The molecule has 0 unspecified atom stereocenters.